The summed E-state index contributed by atoms with van der Waals surface area (Å²) in [5, 5.41) is 4.86. The zero-order chi connectivity index (χ0) is 33.3. The van der Waals surface area contributed by atoms with Gasteiger partial charge in [0.2, 0.25) is 0 Å². The summed E-state index contributed by atoms with van der Waals surface area (Å²) < 4.78 is 0. The number of hydrogen-bond donors (Lipinski definition) is 0. The molecule has 3 heterocycles. The van der Waals surface area contributed by atoms with Gasteiger partial charge in [0.05, 0.1) is 17.1 Å². The standard InChI is InChI=1S/C46H30N4/c1-2-13-31(14-3-1)44-37-20-4-6-22-39(37)45(40-23-7-5-21-38(40)44)34-17-11-18-35(28-34)46-49-42(29-43(50-46)36-19-12-25-47-30-36)33-16-10-15-32(27-33)41-24-8-9-26-48-41/h1-30H. The van der Waals surface area contributed by atoms with Crippen LogP contribution in [0.25, 0.3) is 89.0 Å². The van der Waals surface area contributed by atoms with Gasteiger partial charge in [-0.1, -0.05) is 121 Å². The molecule has 0 unspecified atom stereocenters. The van der Waals surface area contributed by atoms with E-state index in [1.165, 1.54) is 38.2 Å². The van der Waals surface area contributed by atoms with E-state index >= 15 is 0 Å². The van der Waals surface area contributed by atoms with Gasteiger partial charge < -0.3 is 0 Å². The van der Waals surface area contributed by atoms with E-state index in [1.54, 1.807) is 6.20 Å². The third kappa shape index (κ3) is 5.39. The average molecular weight is 639 g/mol. The van der Waals surface area contributed by atoms with Gasteiger partial charge in [0, 0.05) is 40.8 Å². The summed E-state index contributed by atoms with van der Waals surface area (Å²) in [4.78, 5) is 19.3. The normalized spacial score (nSPS) is 11.2. The molecule has 0 aliphatic carbocycles. The zero-order valence-corrected chi connectivity index (χ0v) is 27.1. The van der Waals surface area contributed by atoms with Crippen LogP contribution in [0.1, 0.15) is 0 Å². The number of aromatic nitrogens is 4. The summed E-state index contributed by atoms with van der Waals surface area (Å²) in [5.74, 6) is 0.654. The van der Waals surface area contributed by atoms with Gasteiger partial charge in [-0.3, -0.25) is 9.97 Å². The highest BCUT2D eigenvalue weighted by Gasteiger charge is 2.18. The van der Waals surface area contributed by atoms with Crippen molar-refractivity contribution in [2.45, 2.75) is 0 Å². The highest BCUT2D eigenvalue weighted by Crippen LogP contribution is 2.44. The molecule has 0 aliphatic rings. The lowest BCUT2D eigenvalue weighted by Gasteiger charge is -2.18. The van der Waals surface area contributed by atoms with E-state index in [9.17, 15) is 0 Å². The largest absolute Gasteiger partial charge is 0.264 e. The zero-order valence-electron chi connectivity index (χ0n) is 27.1. The minimum Gasteiger partial charge on any atom is -0.264 e. The van der Waals surface area contributed by atoms with Crippen molar-refractivity contribution in [2.75, 3.05) is 0 Å². The third-order valence-electron chi connectivity index (χ3n) is 9.21. The minimum atomic E-state index is 0.654. The van der Waals surface area contributed by atoms with Crippen LogP contribution in [0.2, 0.25) is 0 Å². The summed E-state index contributed by atoms with van der Waals surface area (Å²) in [6, 6.07) is 57.2. The van der Waals surface area contributed by atoms with Crippen LogP contribution in [0.3, 0.4) is 0 Å². The highest BCUT2D eigenvalue weighted by molar-refractivity contribution is 6.21. The van der Waals surface area contributed by atoms with Crippen molar-refractivity contribution in [2.24, 2.45) is 0 Å². The van der Waals surface area contributed by atoms with Crippen LogP contribution in [-0.2, 0) is 0 Å². The number of hydrogen-bond acceptors (Lipinski definition) is 4. The maximum atomic E-state index is 5.20. The Balaban J connectivity index is 1.24. The first-order valence-corrected chi connectivity index (χ1v) is 16.7. The number of rotatable bonds is 6. The summed E-state index contributed by atoms with van der Waals surface area (Å²) in [5.41, 5.74) is 11.2. The SMILES string of the molecule is c1ccc(-c2c3ccccc3c(-c3cccc(-c4nc(-c5cccnc5)cc(-c5cccc(-c6ccccn6)c5)n4)c3)c3ccccc23)cc1. The smallest absolute Gasteiger partial charge is 0.160 e. The van der Waals surface area contributed by atoms with Crippen molar-refractivity contribution in [3.8, 4) is 67.4 Å². The second-order valence-corrected chi connectivity index (χ2v) is 12.3. The molecule has 0 bridgehead atoms. The van der Waals surface area contributed by atoms with Crippen LogP contribution < -0.4 is 0 Å². The van der Waals surface area contributed by atoms with E-state index in [2.05, 4.69) is 137 Å². The molecule has 4 nitrogen and oxygen atoms in total. The molecule has 0 aliphatic heterocycles. The third-order valence-corrected chi connectivity index (χ3v) is 9.21. The summed E-state index contributed by atoms with van der Waals surface area (Å²) in [6.45, 7) is 0. The quantitative estimate of drug-likeness (QED) is 0.170. The monoisotopic (exact) mass is 638 g/mol. The van der Waals surface area contributed by atoms with Crippen LogP contribution >= 0.6 is 0 Å². The average Bonchev–Trinajstić information content (AvgIpc) is 3.21. The van der Waals surface area contributed by atoms with Crippen molar-refractivity contribution < 1.29 is 0 Å². The molecule has 3 aromatic heterocycles. The van der Waals surface area contributed by atoms with Crippen LogP contribution in [0.4, 0.5) is 0 Å². The Morgan fingerprint density at radius 1 is 0.320 bits per heavy atom. The molecule has 0 radical (unpaired) electrons. The minimum absolute atomic E-state index is 0.654. The number of nitrogens with zero attached hydrogens (tertiary/aromatic N) is 4. The molecule has 0 saturated heterocycles. The van der Waals surface area contributed by atoms with E-state index in [-0.39, 0.29) is 0 Å². The fraction of sp³-hybridized carbons (Fsp3) is 0. The van der Waals surface area contributed by atoms with Crippen molar-refractivity contribution in [1.82, 2.24) is 19.9 Å². The van der Waals surface area contributed by atoms with Crippen LogP contribution in [-0.4, -0.2) is 19.9 Å². The first-order valence-electron chi connectivity index (χ1n) is 16.7. The van der Waals surface area contributed by atoms with Gasteiger partial charge in [0.25, 0.3) is 0 Å². The first-order chi connectivity index (χ1) is 24.8. The predicted molar refractivity (Wildman–Crippen MR) is 205 cm³/mol. The Bertz CT molecular complexity index is 2580. The molecule has 6 aromatic carbocycles. The second-order valence-electron chi connectivity index (χ2n) is 12.3. The molecule has 0 fully saturated rings. The highest BCUT2D eigenvalue weighted by atomic mass is 14.9. The lowest BCUT2D eigenvalue weighted by Crippen LogP contribution is -1.97. The maximum absolute atomic E-state index is 5.20. The Kier molecular flexibility index (Phi) is 7.45. The fourth-order valence-corrected chi connectivity index (χ4v) is 6.93. The fourth-order valence-electron chi connectivity index (χ4n) is 6.93. The van der Waals surface area contributed by atoms with Gasteiger partial charge >= 0.3 is 0 Å². The second kappa shape index (κ2) is 12.7. The van der Waals surface area contributed by atoms with Crippen molar-refractivity contribution in [1.29, 1.82) is 0 Å². The maximum Gasteiger partial charge on any atom is 0.160 e. The molecule has 0 N–H and O–H groups in total. The van der Waals surface area contributed by atoms with Crippen molar-refractivity contribution in [3.05, 3.63) is 182 Å². The van der Waals surface area contributed by atoms with Gasteiger partial charge in [0.1, 0.15) is 0 Å². The Hall–Kier alpha value is -6.78. The molecule has 0 spiro atoms. The molecule has 0 saturated carbocycles. The van der Waals surface area contributed by atoms with Gasteiger partial charge in [-0.15, -0.1) is 0 Å². The lowest BCUT2D eigenvalue weighted by molar-refractivity contribution is 1.18. The number of pyridine rings is 2. The molecule has 0 amide bonds. The van der Waals surface area contributed by atoms with E-state index < -0.39 is 0 Å². The summed E-state index contributed by atoms with van der Waals surface area (Å²) in [6.07, 6.45) is 5.45. The first kappa shape index (κ1) is 29.4. The topological polar surface area (TPSA) is 51.6 Å². The lowest BCUT2D eigenvalue weighted by atomic mass is 9.85. The van der Waals surface area contributed by atoms with E-state index in [0.717, 1.165) is 44.9 Å². The summed E-state index contributed by atoms with van der Waals surface area (Å²) >= 11 is 0. The van der Waals surface area contributed by atoms with Crippen LogP contribution in [0.15, 0.2) is 182 Å². The van der Waals surface area contributed by atoms with E-state index in [1.807, 2.05) is 48.8 Å². The van der Waals surface area contributed by atoms with Crippen LogP contribution in [0.5, 0.6) is 0 Å². The number of benzene rings is 6. The summed E-state index contributed by atoms with van der Waals surface area (Å²) in [7, 11) is 0. The predicted octanol–water partition coefficient (Wildman–Crippen LogP) is 11.6. The van der Waals surface area contributed by atoms with Gasteiger partial charge in [0.15, 0.2) is 5.82 Å². The van der Waals surface area contributed by atoms with E-state index in [0.29, 0.717) is 5.82 Å². The van der Waals surface area contributed by atoms with Gasteiger partial charge in [-0.05, 0) is 86.3 Å². The van der Waals surface area contributed by atoms with Crippen molar-refractivity contribution >= 4 is 21.5 Å². The van der Waals surface area contributed by atoms with Gasteiger partial charge in [-0.25, -0.2) is 9.97 Å². The van der Waals surface area contributed by atoms with Gasteiger partial charge in [-0.2, -0.15) is 0 Å². The molecule has 4 heteroatoms. The Morgan fingerprint density at radius 3 is 1.48 bits per heavy atom. The van der Waals surface area contributed by atoms with Crippen LogP contribution in [0, 0.1) is 0 Å². The molecular weight excluding hydrogens is 609 g/mol. The molecule has 0 atom stereocenters. The Labute approximate surface area is 290 Å². The molecule has 9 aromatic rings. The molecule has 9 rings (SSSR count). The van der Waals surface area contributed by atoms with Crippen molar-refractivity contribution in [3.63, 3.8) is 0 Å². The molecule has 50 heavy (non-hydrogen) atoms. The van der Waals surface area contributed by atoms with E-state index in [4.69, 9.17) is 9.97 Å². The number of fused-ring (bicyclic) bond motifs is 2. The molecule has 234 valence electrons. The Morgan fingerprint density at radius 2 is 0.840 bits per heavy atom. The molecular formula is C46H30N4.